The van der Waals surface area contributed by atoms with Crippen molar-refractivity contribution in [3.8, 4) is 0 Å². The van der Waals surface area contributed by atoms with Crippen molar-refractivity contribution in [2.24, 2.45) is 5.73 Å². The highest BCUT2D eigenvalue weighted by Gasteiger charge is 2.01. The Morgan fingerprint density at radius 2 is 2.15 bits per heavy atom. The van der Waals surface area contributed by atoms with E-state index in [4.69, 9.17) is 28.9 Å². The molecular formula is C8H10Cl2N2S. The van der Waals surface area contributed by atoms with Gasteiger partial charge < -0.3 is 5.73 Å². The second-order valence-corrected chi connectivity index (χ2v) is 4.28. The van der Waals surface area contributed by atoms with Gasteiger partial charge in [0.05, 0.1) is 0 Å². The van der Waals surface area contributed by atoms with Crippen molar-refractivity contribution in [1.29, 1.82) is 0 Å². The Bertz CT molecular complexity index is 281. The molecule has 0 aliphatic heterocycles. The first-order valence-corrected chi connectivity index (χ1v) is 5.74. The minimum Gasteiger partial charge on any atom is -0.330 e. The molecule has 1 heterocycles. The van der Waals surface area contributed by atoms with Crippen molar-refractivity contribution < 1.29 is 0 Å². The Labute approximate surface area is 91.8 Å². The summed E-state index contributed by atoms with van der Waals surface area (Å²) >= 11 is 13.3. The van der Waals surface area contributed by atoms with E-state index in [1.54, 1.807) is 17.8 Å². The summed E-state index contributed by atoms with van der Waals surface area (Å²) in [5.74, 6) is 1.76. The van der Waals surface area contributed by atoms with Gasteiger partial charge in [0.1, 0.15) is 10.3 Å². The van der Waals surface area contributed by atoms with E-state index in [0.717, 1.165) is 17.1 Å². The van der Waals surface area contributed by atoms with E-state index in [1.165, 1.54) is 0 Å². The van der Waals surface area contributed by atoms with Crippen molar-refractivity contribution >= 4 is 35.0 Å². The van der Waals surface area contributed by atoms with Crippen LogP contribution in [0.2, 0.25) is 10.3 Å². The van der Waals surface area contributed by atoms with Crippen LogP contribution < -0.4 is 5.73 Å². The molecule has 0 saturated heterocycles. The van der Waals surface area contributed by atoms with Gasteiger partial charge in [-0.1, -0.05) is 29.3 Å². The summed E-state index contributed by atoms with van der Waals surface area (Å²) in [6, 6.07) is 3.63. The molecule has 0 aromatic carbocycles. The van der Waals surface area contributed by atoms with Gasteiger partial charge in [0, 0.05) is 18.1 Å². The lowest BCUT2D eigenvalue weighted by atomic mass is 10.3. The third kappa shape index (κ3) is 3.73. The normalized spacial score (nSPS) is 10.4. The molecule has 2 nitrogen and oxygen atoms in total. The van der Waals surface area contributed by atoms with Crippen LogP contribution in [0.25, 0.3) is 0 Å². The molecule has 0 aliphatic carbocycles. The van der Waals surface area contributed by atoms with Crippen molar-refractivity contribution in [3.63, 3.8) is 0 Å². The molecule has 1 aromatic rings. The van der Waals surface area contributed by atoms with Crippen LogP contribution in [0.3, 0.4) is 0 Å². The number of halogens is 2. The molecule has 13 heavy (non-hydrogen) atoms. The zero-order chi connectivity index (χ0) is 9.68. The first-order chi connectivity index (χ1) is 6.24. The summed E-state index contributed by atoms with van der Waals surface area (Å²) in [7, 11) is 0. The van der Waals surface area contributed by atoms with E-state index in [-0.39, 0.29) is 0 Å². The number of thioether (sulfide) groups is 1. The maximum Gasteiger partial charge on any atom is 0.134 e. The SMILES string of the molecule is NCCSCc1ccc(Cl)nc1Cl. The summed E-state index contributed by atoms with van der Waals surface area (Å²) in [5, 5.41) is 0.912. The number of hydrogen-bond donors (Lipinski definition) is 1. The molecule has 0 unspecified atom stereocenters. The smallest absolute Gasteiger partial charge is 0.134 e. The van der Waals surface area contributed by atoms with Gasteiger partial charge in [0.25, 0.3) is 0 Å². The van der Waals surface area contributed by atoms with Crippen molar-refractivity contribution in [3.05, 3.63) is 28.0 Å². The van der Waals surface area contributed by atoms with Crippen molar-refractivity contribution in [2.45, 2.75) is 5.75 Å². The molecule has 72 valence electrons. The van der Waals surface area contributed by atoms with Gasteiger partial charge in [-0.2, -0.15) is 11.8 Å². The Balaban J connectivity index is 2.56. The molecule has 1 rings (SSSR count). The summed E-state index contributed by atoms with van der Waals surface area (Å²) in [6.45, 7) is 0.684. The summed E-state index contributed by atoms with van der Waals surface area (Å²) in [6.07, 6.45) is 0. The van der Waals surface area contributed by atoms with Gasteiger partial charge in [-0.3, -0.25) is 0 Å². The lowest BCUT2D eigenvalue weighted by Crippen LogP contribution is -2.01. The van der Waals surface area contributed by atoms with Crippen LogP contribution in [0, 0.1) is 0 Å². The second-order valence-electron chi connectivity index (χ2n) is 2.43. The molecule has 0 atom stereocenters. The lowest BCUT2D eigenvalue weighted by molar-refractivity contribution is 1.15. The minimum atomic E-state index is 0.428. The predicted octanol–water partition coefficient (Wildman–Crippen LogP) is 2.58. The van der Waals surface area contributed by atoms with E-state index < -0.39 is 0 Å². The minimum absolute atomic E-state index is 0.428. The Morgan fingerprint density at radius 1 is 1.38 bits per heavy atom. The fourth-order valence-corrected chi connectivity index (χ4v) is 2.07. The first-order valence-electron chi connectivity index (χ1n) is 3.83. The number of aromatic nitrogens is 1. The molecule has 0 saturated carbocycles. The van der Waals surface area contributed by atoms with Gasteiger partial charge >= 0.3 is 0 Å². The van der Waals surface area contributed by atoms with Gasteiger partial charge in [-0.15, -0.1) is 0 Å². The number of nitrogens with two attached hydrogens (primary N) is 1. The lowest BCUT2D eigenvalue weighted by Gasteiger charge is -2.02. The zero-order valence-corrected chi connectivity index (χ0v) is 9.29. The molecular weight excluding hydrogens is 227 g/mol. The maximum atomic E-state index is 5.87. The molecule has 0 spiro atoms. The number of pyridine rings is 1. The van der Waals surface area contributed by atoms with Gasteiger partial charge in [0.15, 0.2) is 0 Å². The zero-order valence-electron chi connectivity index (χ0n) is 6.96. The van der Waals surface area contributed by atoms with E-state index >= 15 is 0 Å². The highest BCUT2D eigenvalue weighted by molar-refractivity contribution is 7.98. The standard InChI is InChI=1S/C8H10Cl2N2S/c9-7-2-1-6(8(10)12-7)5-13-4-3-11/h1-2H,3-5,11H2. The van der Waals surface area contributed by atoms with Crippen LogP contribution >= 0.6 is 35.0 Å². The monoisotopic (exact) mass is 236 g/mol. The van der Waals surface area contributed by atoms with E-state index in [1.807, 2.05) is 6.07 Å². The average molecular weight is 237 g/mol. The molecule has 0 amide bonds. The van der Waals surface area contributed by atoms with Crippen LogP contribution in [0.15, 0.2) is 12.1 Å². The van der Waals surface area contributed by atoms with Crippen molar-refractivity contribution in [2.75, 3.05) is 12.3 Å². The third-order valence-corrected chi connectivity index (χ3v) is 2.99. The topological polar surface area (TPSA) is 38.9 Å². The summed E-state index contributed by atoms with van der Waals surface area (Å²) in [4.78, 5) is 3.94. The van der Waals surface area contributed by atoms with Crippen LogP contribution in [0.5, 0.6) is 0 Å². The fraction of sp³-hybridized carbons (Fsp3) is 0.375. The quantitative estimate of drug-likeness (QED) is 0.646. The predicted molar refractivity (Wildman–Crippen MR) is 59.5 cm³/mol. The highest BCUT2D eigenvalue weighted by Crippen LogP contribution is 2.20. The largest absolute Gasteiger partial charge is 0.330 e. The molecule has 5 heteroatoms. The fourth-order valence-electron chi connectivity index (χ4n) is 0.814. The van der Waals surface area contributed by atoms with Crippen LogP contribution in [-0.4, -0.2) is 17.3 Å². The molecule has 2 N–H and O–H groups in total. The first kappa shape index (κ1) is 11.1. The molecule has 0 fully saturated rings. The molecule has 0 aliphatic rings. The second kappa shape index (κ2) is 5.70. The molecule has 0 radical (unpaired) electrons. The third-order valence-electron chi connectivity index (χ3n) is 1.41. The Kier molecular flexibility index (Phi) is 4.88. The number of rotatable bonds is 4. The maximum absolute atomic E-state index is 5.87. The van der Waals surface area contributed by atoms with Gasteiger partial charge in [0.2, 0.25) is 0 Å². The van der Waals surface area contributed by atoms with Crippen LogP contribution in [0.4, 0.5) is 0 Å². The van der Waals surface area contributed by atoms with Crippen molar-refractivity contribution in [1.82, 2.24) is 4.98 Å². The highest BCUT2D eigenvalue weighted by atomic mass is 35.5. The van der Waals surface area contributed by atoms with E-state index in [2.05, 4.69) is 4.98 Å². The number of nitrogens with zero attached hydrogens (tertiary/aromatic N) is 1. The molecule has 1 aromatic heterocycles. The number of hydrogen-bond acceptors (Lipinski definition) is 3. The summed E-state index contributed by atoms with van der Waals surface area (Å²) < 4.78 is 0. The van der Waals surface area contributed by atoms with E-state index in [9.17, 15) is 0 Å². The van der Waals surface area contributed by atoms with E-state index in [0.29, 0.717) is 16.9 Å². The summed E-state index contributed by atoms with van der Waals surface area (Å²) in [5.41, 5.74) is 6.37. The van der Waals surface area contributed by atoms with Gasteiger partial charge in [-0.05, 0) is 11.6 Å². The average Bonchev–Trinajstić information content (AvgIpc) is 2.09. The Morgan fingerprint density at radius 3 is 2.77 bits per heavy atom. The van der Waals surface area contributed by atoms with Crippen LogP contribution in [-0.2, 0) is 5.75 Å². The van der Waals surface area contributed by atoms with Gasteiger partial charge in [-0.25, -0.2) is 4.98 Å². The van der Waals surface area contributed by atoms with Crippen LogP contribution in [0.1, 0.15) is 5.56 Å². The Hall–Kier alpha value is 0.0400. The molecule has 0 bridgehead atoms.